The van der Waals surface area contributed by atoms with Crippen LogP contribution >= 0.6 is 11.3 Å². The highest BCUT2D eigenvalue weighted by atomic mass is 32.1. The first-order chi connectivity index (χ1) is 16.6. The van der Waals surface area contributed by atoms with Crippen molar-refractivity contribution < 1.29 is 19.1 Å². The zero-order chi connectivity index (χ0) is 25.4. The normalized spacial score (nSPS) is 11.0. The maximum atomic E-state index is 12.9. The molecule has 0 fully saturated rings. The highest BCUT2D eigenvalue weighted by Gasteiger charge is 2.19. The Morgan fingerprint density at radius 2 is 1.60 bits per heavy atom. The molecule has 0 radical (unpaired) electrons. The average molecular weight is 495 g/mol. The number of amides is 3. The number of aromatic nitrogens is 1. The SMILES string of the molecule is CC(=O)Nc1nc(CCc2ccc(NC(=O)OC(C)(C)C)cc2)c(C(=O)NCc2ccccc2)s1. The van der Waals surface area contributed by atoms with E-state index in [4.69, 9.17) is 4.74 Å². The number of thiazole rings is 1. The first kappa shape index (κ1) is 25.9. The molecule has 0 spiro atoms. The number of hydrogen-bond acceptors (Lipinski definition) is 6. The second-order valence-corrected chi connectivity index (χ2v) is 9.97. The number of rotatable bonds is 8. The summed E-state index contributed by atoms with van der Waals surface area (Å²) in [6.07, 6.45) is 0.641. The highest BCUT2D eigenvalue weighted by Crippen LogP contribution is 2.25. The number of aryl methyl sites for hydroxylation is 2. The van der Waals surface area contributed by atoms with Crippen LogP contribution in [-0.4, -0.2) is 28.5 Å². The molecule has 1 heterocycles. The van der Waals surface area contributed by atoms with Crippen molar-refractivity contribution in [3.05, 3.63) is 76.3 Å². The van der Waals surface area contributed by atoms with Crippen LogP contribution in [0.1, 0.15) is 54.2 Å². The van der Waals surface area contributed by atoms with Crippen LogP contribution in [0, 0.1) is 0 Å². The van der Waals surface area contributed by atoms with E-state index in [0.29, 0.717) is 40.8 Å². The second-order valence-electron chi connectivity index (χ2n) is 8.97. The second kappa shape index (κ2) is 11.6. The van der Waals surface area contributed by atoms with Gasteiger partial charge < -0.3 is 15.4 Å². The predicted molar refractivity (Wildman–Crippen MR) is 138 cm³/mol. The fraction of sp³-hybridized carbons (Fsp3) is 0.308. The number of carbonyl (C=O) groups excluding carboxylic acids is 3. The number of carbonyl (C=O) groups is 3. The monoisotopic (exact) mass is 494 g/mol. The molecule has 0 aliphatic heterocycles. The largest absolute Gasteiger partial charge is 0.444 e. The van der Waals surface area contributed by atoms with Crippen molar-refractivity contribution in [1.29, 1.82) is 0 Å². The predicted octanol–water partition coefficient (Wildman–Crippen LogP) is 5.16. The smallest absolute Gasteiger partial charge is 0.412 e. The average Bonchev–Trinajstić information content (AvgIpc) is 3.18. The molecule has 9 heteroatoms. The van der Waals surface area contributed by atoms with Crippen LogP contribution in [0.4, 0.5) is 15.6 Å². The summed E-state index contributed by atoms with van der Waals surface area (Å²) in [5.74, 6) is -0.468. The Morgan fingerprint density at radius 3 is 2.23 bits per heavy atom. The van der Waals surface area contributed by atoms with Crippen LogP contribution in [-0.2, 0) is 28.9 Å². The molecule has 0 aliphatic carbocycles. The van der Waals surface area contributed by atoms with Gasteiger partial charge in [-0.2, -0.15) is 0 Å². The molecule has 184 valence electrons. The number of nitrogens with one attached hydrogen (secondary N) is 3. The van der Waals surface area contributed by atoms with Gasteiger partial charge in [-0.15, -0.1) is 0 Å². The molecule has 0 saturated carbocycles. The van der Waals surface area contributed by atoms with Crippen molar-refractivity contribution in [2.45, 2.75) is 52.7 Å². The molecule has 0 aliphatic rings. The van der Waals surface area contributed by atoms with Crippen LogP contribution in [0.15, 0.2) is 54.6 Å². The lowest BCUT2D eigenvalue weighted by Gasteiger charge is -2.19. The number of hydrogen-bond donors (Lipinski definition) is 3. The van der Waals surface area contributed by atoms with Gasteiger partial charge in [-0.3, -0.25) is 14.9 Å². The summed E-state index contributed by atoms with van der Waals surface area (Å²) in [5, 5.41) is 8.70. The number of nitrogens with zero attached hydrogens (tertiary/aromatic N) is 1. The third-order valence-corrected chi connectivity index (χ3v) is 5.74. The lowest BCUT2D eigenvalue weighted by molar-refractivity contribution is -0.114. The van der Waals surface area contributed by atoms with Gasteiger partial charge in [0.25, 0.3) is 5.91 Å². The lowest BCUT2D eigenvalue weighted by atomic mass is 10.1. The molecule has 0 unspecified atom stereocenters. The molecule has 3 N–H and O–H groups in total. The zero-order valence-electron chi connectivity index (χ0n) is 20.3. The Hall–Kier alpha value is -3.72. The van der Waals surface area contributed by atoms with Gasteiger partial charge in [0.15, 0.2) is 5.13 Å². The number of benzene rings is 2. The summed E-state index contributed by atoms with van der Waals surface area (Å²) in [7, 11) is 0. The van der Waals surface area contributed by atoms with Gasteiger partial charge >= 0.3 is 6.09 Å². The molecule has 1 aromatic heterocycles. The minimum Gasteiger partial charge on any atom is -0.444 e. The van der Waals surface area contributed by atoms with Crippen molar-refractivity contribution in [1.82, 2.24) is 10.3 Å². The van der Waals surface area contributed by atoms with Gasteiger partial charge in [-0.1, -0.05) is 53.8 Å². The third kappa shape index (κ3) is 8.53. The fourth-order valence-electron chi connectivity index (χ4n) is 3.20. The minimum absolute atomic E-state index is 0.227. The van der Waals surface area contributed by atoms with E-state index in [-0.39, 0.29) is 11.8 Å². The van der Waals surface area contributed by atoms with Crippen molar-refractivity contribution >= 4 is 40.1 Å². The molecular weight excluding hydrogens is 464 g/mol. The quantitative estimate of drug-likeness (QED) is 0.401. The Morgan fingerprint density at radius 1 is 0.914 bits per heavy atom. The number of ether oxygens (including phenoxy) is 1. The maximum absolute atomic E-state index is 12.9. The van der Waals surface area contributed by atoms with Crippen LogP contribution in [0.3, 0.4) is 0 Å². The lowest BCUT2D eigenvalue weighted by Crippen LogP contribution is -2.27. The Labute approximate surface area is 209 Å². The molecule has 0 atom stereocenters. The van der Waals surface area contributed by atoms with E-state index in [2.05, 4.69) is 20.9 Å². The first-order valence-electron chi connectivity index (χ1n) is 11.3. The molecule has 3 aromatic rings. The molecule has 2 aromatic carbocycles. The topological polar surface area (TPSA) is 109 Å². The molecule has 3 rings (SSSR count). The van der Waals surface area contributed by atoms with Crippen molar-refractivity contribution in [3.8, 4) is 0 Å². The Balaban J connectivity index is 1.65. The summed E-state index contributed by atoms with van der Waals surface area (Å²) in [6.45, 7) is 7.23. The van der Waals surface area contributed by atoms with Gasteiger partial charge in [0.1, 0.15) is 10.5 Å². The van der Waals surface area contributed by atoms with Gasteiger partial charge in [-0.25, -0.2) is 9.78 Å². The summed E-state index contributed by atoms with van der Waals surface area (Å²) in [5.41, 5.74) is 2.70. The van der Waals surface area contributed by atoms with Crippen LogP contribution in [0.5, 0.6) is 0 Å². The number of anilines is 2. The molecular formula is C26H30N4O4S. The fourth-order valence-corrected chi connectivity index (χ4v) is 4.17. The molecule has 3 amide bonds. The van der Waals surface area contributed by atoms with Gasteiger partial charge in [0.05, 0.1) is 5.69 Å². The maximum Gasteiger partial charge on any atom is 0.412 e. The standard InChI is InChI=1S/C26H30N4O4S/c1-17(31)28-24-30-21(22(35-24)23(32)27-16-19-8-6-5-7-9-19)15-12-18-10-13-20(14-11-18)29-25(33)34-26(2,3)4/h5-11,13-14H,12,15-16H2,1-4H3,(H,27,32)(H,29,33)(H,28,30,31). The van der Waals surface area contributed by atoms with E-state index in [1.807, 2.05) is 63.2 Å². The Bertz CT molecular complexity index is 1170. The zero-order valence-corrected chi connectivity index (χ0v) is 21.1. The summed E-state index contributed by atoms with van der Waals surface area (Å²) < 4.78 is 5.27. The van der Waals surface area contributed by atoms with Gasteiger partial charge in [-0.05, 0) is 56.9 Å². The Kier molecular flexibility index (Phi) is 8.59. The summed E-state index contributed by atoms with van der Waals surface area (Å²) in [4.78, 5) is 41.3. The third-order valence-electron chi connectivity index (χ3n) is 4.73. The van der Waals surface area contributed by atoms with Crippen molar-refractivity contribution in [3.63, 3.8) is 0 Å². The van der Waals surface area contributed by atoms with E-state index in [1.54, 1.807) is 12.1 Å². The van der Waals surface area contributed by atoms with Crippen molar-refractivity contribution in [2.75, 3.05) is 10.6 Å². The molecule has 8 nitrogen and oxygen atoms in total. The van der Waals surface area contributed by atoms with E-state index < -0.39 is 11.7 Å². The first-order valence-corrected chi connectivity index (χ1v) is 12.1. The molecule has 35 heavy (non-hydrogen) atoms. The van der Waals surface area contributed by atoms with E-state index >= 15 is 0 Å². The highest BCUT2D eigenvalue weighted by molar-refractivity contribution is 7.17. The van der Waals surface area contributed by atoms with Crippen molar-refractivity contribution in [2.24, 2.45) is 0 Å². The van der Waals surface area contributed by atoms with Crippen LogP contribution in [0.2, 0.25) is 0 Å². The van der Waals surface area contributed by atoms with E-state index in [0.717, 1.165) is 22.5 Å². The summed E-state index contributed by atoms with van der Waals surface area (Å²) in [6, 6.07) is 17.1. The van der Waals surface area contributed by atoms with E-state index in [9.17, 15) is 14.4 Å². The van der Waals surface area contributed by atoms with Gasteiger partial charge in [0.2, 0.25) is 5.91 Å². The van der Waals surface area contributed by atoms with Gasteiger partial charge in [0, 0.05) is 19.2 Å². The minimum atomic E-state index is -0.571. The van der Waals surface area contributed by atoms with E-state index in [1.165, 1.54) is 6.92 Å². The molecule has 0 saturated heterocycles. The molecule has 0 bridgehead atoms. The van der Waals surface area contributed by atoms with Crippen LogP contribution < -0.4 is 16.0 Å². The van der Waals surface area contributed by atoms with Crippen LogP contribution in [0.25, 0.3) is 0 Å². The summed E-state index contributed by atoms with van der Waals surface area (Å²) >= 11 is 1.16.